The van der Waals surface area contributed by atoms with Crippen molar-refractivity contribution in [1.82, 2.24) is 4.90 Å². The maximum absolute atomic E-state index is 12.4. The molecule has 1 aromatic carbocycles. The minimum atomic E-state index is -0.589. The molecule has 0 unspecified atom stereocenters. The highest BCUT2D eigenvalue weighted by Gasteiger charge is 2.47. The van der Waals surface area contributed by atoms with Crippen LogP contribution in [-0.2, 0) is 14.4 Å². The van der Waals surface area contributed by atoms with Crippen molar-refractivity contribution in [1.29, 1.82) is 0 Å². The summed E-state index contributed by atoms with van der Waals surface area (Å²) in [4.78, 5) is 48.2. The van der Waals surface area contributed by atoms with Crippen molar-refractivity contribution in [2.45, 2.75) is 39.0 Å². The van der Waals surface area contributed by atoms with Gasteiger partial charge < -0.3 is 4.74 Å². The van der Waals surface area contributed by atoms with Crippen LogP contribution in [0.2, 0.25) is 0 Å². The van der Waals surface area contributed by atoms with Gasteiger partial charge in [-0.1, -0.05) is 12.8 Å². The van der Waals surface area contributed by atoms with E-state index in [4.69, 9.17) is 4.74 Å². The molecule has 1 saturated carbocycles. The number of aryl methyl sites for hydroxylation is 1. The Kier molecular flexibility index (Phi) is 5.01. The predicted molar refractivity (Wildman–Crippen MR) is 90.3 cm³/mol. The summed E-state index contributed by atoms with van der Waals surface area (Å²) in [5, 5.41) is 10.8. The van der Waals surface area contributed by atoms with Gasteiger partial charge in [0.05, 0.1) is 23.2 Å². The molecule has 1 saturated heterocycles. The first kappa shape index (κ1) is 18.0. The quantitative estimate of drug-likeness (QED) is 0.262. The Morgan fingerprint density at radius 2 is 1.85 bits per heavy atom. The van der Waals surface area contributed by atoms with E-state index in [9.17, 15) is 24.5 Å². The van der Waals surface area contributed by atoms with E-state index in [1.54, 1.807) is 6.92 Å². The lowest BCUT2D eigenvalue weighted by atomic mass is 9.81. The summed E-state index contributed by atoms with van der Waals surface area (Å²) in [5.74, 6) is -1.22. The average molecular weight is 360 g/mol. The number of carbonyl (C=O) groups excluding carboxylic acids is 3. The van der Waals surface area contributed by atoms with Crippen LogP contribution in [0, 0.1) is 28.9 Å². The molecule has 26 heavy (non-hydrogen) atoms. The number of imide groups is 1. The molecule has 2 aliphatic rings. The van der Waals surface area contributed by atoms with Gasteiger partial charge in [0.1, 0.15) is 5.75 Å². The van der Waals surface area contributed by atoms with Crippen molar-refractivity contribution in [3.8, 4) is 5.75 Å². The first-order chi connectivity index (χ1) is 12.4. The highest BCUT2D eigenvalue weighted by atomic mass is 16.6. The first-order valence-electron chi connectivity index (χ1n) is 8.69. The van der Waals surface area contributed by atoms with Gasteiger partial charge in [0.15, 0.2) is 0 Å². The summed E-state index contributed by atoms with van der Waals surface area (Å²) in [5.41, 5.74) is 0.329. The van der Waals surface area contributed by atoms with E-state index in [2.05, 4.69) is 0 Å². The lowest BCUT2D eigenvalue weighted by molar-refractivity contribution is -0.385. The van der Waals surface area contributed by atoms with Crippen molar-refractivity contribution in [3.63, 3.8) is 0 Å². The van der Waals surface area contributed by atoms with E-state index in [-0.39, 0.29) is 48.1 Å². The van der Waals surface area contributed by atoms with Crippen molar-refractivity contribution in [2.75, 3.05) is 6.54 Å². The number of nitro groups is 1. The second-order valence-electron chi connectivity index (χ2n) is 6.76. The Labute approximate surface area is 150 Å². The van der Waals surface area contributed by atoms with Crippen LogP contribution in [-0.4, -0.2) is 34.2 Å². The van der Waals surface area contributed by atoms with Crippen LogP contribution in [0.5, 0.6) is 5.75 Å². The second kappa shape index (κ2) is 7.23. The lowest BCUT2D eigenvalue weighted by Gasteiger charge is -2.19. The van der Waals surface area contributed by atoms with Gasteiger partial charge in [0.25, 0.3) is 5.69 Å². The molecule has 2 fully saturated rings. The number of hydrogen-bond acceptors (Lipinski definition) is 6. The van der Waals surface area contributed by atoms with E-state index in [1.165, 1.54) is 23.1 Å². The lowest BCUT2D eigenvalue weighted by Crippen LogP contribution is -2.33. The van der Waals surface area contributed by atoms with Gasteiger partial charge in [0.2, 0.25) is 11.8 Å². The predicted octanol–water partition coefficient (Wildman–Crippen LogP) is 2.37. The number of rotatable bonds is 5. The Morgan fingerprint density at radius 1 is 1.23 bits per heavy atom. The molecular formula is C18H20N2O6. The Morgan fingerprint density at radius 3 is 2.38 bits per heavy atom. The number of likely N-dealkylation sites (tertiary alicyclic amines) is 1. The SMILES string of the molecule is Cc1cc(OC(=O)CCN2C(=O)[C@H]3CCCC[C@@H]3C2=O)ccc1[N+](=O)[O-]. The standard InChI is InChI=1S/C18H20N2O6/c1-11-10-12(6-7-15(11)20(24)25)26-16(21)8-9-19-17(22)13-4-2-3-5-14(13)18(19)23/h6-7,10,13-14H,2-5,8-9H2,1H3/t13-,14-/m0/s1. The minimum Gasteiger partial charge on any atom is -0.426 e. The number of esters is 1. The zero-order valence-electron chi connectivity index (χ0n) is 14.5. The summed E-state index contributed by atoms with van der Waals surface area (Å²) < 4.78 is 5.17. The summed E-state index contributed by atoms with van der Waals surface area (Å²) in [6.45, 7) is 1.56. The smallest absolute Gasteiger partial charge is 0.312 e. The topological polar surface area (TPSA) is 107 Å². The third kappa shape index (κ3) is 3.44. The molecule has 1 aromatic rings. The molecule has 0 aromatic heterocycles. The first-order valence-corrected chi connectivity index (χ1v) is 8.69. The average Bonchev–Trinajstić information content (AvgIpc) is 2.84. The van der Waals surface area contributed by atoms with Gasteiger partial charge in [-0.2, -0.15) is 0 Å². The Hall–Kier alpha value is -2.77. The molecule has 138 valence electrons. The highest BCUT2D eigenvalue weighted by Crippen LogP contribution is 2.38. The van der Waals surface area contributed by atoms with Gasteiger partial charge in [-0.25, -0.2) is 0 Å². The van der Waals surface area contributed by atoms with Gasteiger partial charge in [0, 0.05) is 18.2 Å². The monoisotopic (exact) mass is 360 g/mol. The number of hydrogen-bond donors (Lipinski definition) is 0. The Balaban J connectivity index is 1.57. The fourth-order valence-corrected chi connectivity index (χ4v) is 3.73. The molecule has 2 amide bonds. The molecule has 1 aliphatic carbocycles. The fourth-order valence-electron chi connectivity index (χ4n) is 3.73. The number of fused-ring (bicyclic) bond motifs is 1. The van der Waals surface area contributed by atoms with Crippen molar-refractivity contribution in [2.24, 2.45) is 11.8 Å². The highest BCUT2D eigenvalue weighted by molar-refractivity contribution is 6.05. The zero-order valence-corrected chi connectivity index (χ0v) is 14.5. The van der Waals surface area contributed by atoms with Crippen LogP contribution >= 0.6 is 0 Å². The third-order valence-corrected chi connectivity index (χ3v) is 5.07. The molecule has 0 spiro atoms. The number of amides is 2. The fraction of sp³-hybridized carbons (Fsp3) is 0.500. The van der Waals surface area contributed by atoms with Gasteiger partial charge in [-0.3, -0.25) is 29.4 Å². The van der Waals surface area contributed by atoms with Crippen molar-refractivity contribution >= 4 is 23.5 Å². The molecule has 1 heterocycles. The normalized spacial score (nSPS) is 22.3. The summed E-state index contributed by atoms with van der Waals surface area (Å²) in [7, 11) is 0. The van der Waals surface area contributed by atoms with E-state index in [1.807, 2.05) is 0 Å². The molecule has 1 aliphatic heterocycles. The van der Waals surface area contributed by atoms with E-state index < -0.39 is 10.9 Å². The summed E-state index contributed by atoms with van der Waals surface area (Å²) in [6, 6.07) is 4.04. The van der Waals surface area contributed by atoms with E-state index in [0.717, 1.165) is 25.7 Å². The van der Waals surface area contributed by atoms with Crippen LogP contribution in [0.4, 0.5) is 5.69 Å². The van der Waals surface area contributed by atoms with Crippen LogP contribution in [0.25, 0.3) is 0 Å². The summed E-state index contributed by atoms with van der Waals surface area (Å²) >= 11 is 0. The second-order valence-corrected chi connectivity index (χ2v) is 6.76. The number of carbonyl (C=O) groups is 3. The molecule has 0 N–H and O–H groups in total. The zero-order chi connectivity index (χ0) is 18.8. The van der Waals surface area contributed by atoms with Gasteiger partial charge >= 0.3 is 5.97 Å². The number of nitrogens with zero attached hydrogens (tertiary/aromatic N) is 2. The van der Waals surface area contributed by atoms with Crippen LogP contribution in [0.1, 0.15) is 37.7 Å². The van der Waals surface area contributed by atoms with E-state index >= 15 is 0 Å². The third-order valence-electron chi connectivity index (χ3n) is 5.07. The molecule has 8 heteroatoms. The molecule has 8 nitrogen and oxygen atoms in total. The van der Waals surface area contributed by atoms with E-state index in [0.29, 0.717) is 5.56 Å². The largest absolute Gasteiger partial charge is 0.426 e. The molecule has 3 rings (SSSR count). The van der Waals surface area contributed by atoms with Crippen molar-refractivity contribution in [3.05, 3.63) is 33.9 Å². The Bertz CT molecular complexity index is 751. The number of ether oxygens (including phenoxy) is 1. The van der Waals surface area contributed by atoms with Crippen molar-refractivity contribution < 1.29 is 24.0 Å². The number of benzene rings is 1. The maximum atomic E-state index is 12.4. The van der Waals surface area contributed by atoms with Gasteiger partial charge in [-0.05, 0) is 31.9 Å². The van der Waals surface area contributed by atoms with Crippen LogP contribution < -0.4 is 4.74 Å². The minimum absolute atomic E-state index is 0.00939. The maximum Gasteiger partial charge on any atom is 0.312 e. The molecule has 0 radical (unpaired) electrons. The van der Waals surface area contributed by atoms with Crippen LogP contribution in [0.15, 0.2) is 18.2 Å². The van der Waals surface area contributed by atoms with Gasteiger partial charge in [-0.15, -0.1) is 0 Å². The molecule has 2 atom stereocenters. The molecular weight excluding hydrogens is 340 g/mol. The molecule has 0 bridgehead atoms. The summed E-state index contributed by atoms with van der Waals surface area (Å²) in [6.07, 6.45) is 3.27. The number of nitro benzene ring substituents is 1. The van der Waals surface area contributed by atoms with Crippen LogP contribution in [0.3, 0.4) is 0 Å².